The summed E-state index contributed by atoms with van der Waals surface area (Å²) in [6.45, 7) is 2.32. The maximum absolute atomic E-state index is 12.3. The van der Waals surface area contributed by atoms with Gasteiger partial charge in [0.2, 0.25) is 0 Å². The Kier molecular flexibility index (Phi) is 3.62. The molecule has 0 spiro atoms. The van der Waals surface area contributed by atoms with Crippen LogP contribution in [0.5, 0.6) is 0 Å². The van der Waals surface area contributed by atoms with Gasteiger partial charge in [-0.3, -0.25) is 4.79 Å². The van der Waals surface area contributed by atoms with Crippen LogP contribution in [-0.2, 0) is 6.54 Å². The van der Waals surface area contributed by atoms with E-state index in [2.05, 4.69) is 15.3 Å². The summed E-state index contributed by atoms with van der Waals surface area (Å²) in [5.74, 6) is 0.657. The average molecular weight is 300 g/mol. The lowest BCUT2D eigenvalue weighted by Crippen LogP contribution is -2.23. The summed E-state index contributed by atoms with van der Waals surface area (Å²) in [7, 11) is 0. The Morgan fingerprint density at radius 1 is 1.24 bits per heavy atom. The topological polar surface area (TPSA) is 57.8 Å². The van der Waals surface area contributed by atoms with E-state index in [1.807, 2.05) is 31.2 Å². The van der Waals surface area contributed by atoms with Crippen LogP contribution in [0, 0.1) is 6.92 Å². The van der Waals surface area contributed by atoms with Crippen LogP contribution in [-0.4, -0.2) is 15.9 Å². The molecule has 0 atom stereocenters. The summed E-state index contributed by atoms with van der Waals surface area (Å²) in [5.41, 5.74) is 3.14. The number of aryl methyl sites for hydroxylation is 1. The molecule has 21 heavy (non-hydrogen) atoms. The minimum Gasteiger partial charge on any atom is -0.348 e. The number of imidazole rings is 1. The second kappa shape index (κ2) is 5.58. The van der Waals surface area contributed by atoms with Gasteiger partial charge in [0.15, 0.2) is 0 Å². The summed E-state index contributed by atoms with van der Waals surface area (Å²) in [5, 5.41) is 3.58. The Hall–Kier alpha value is -2.33. The van der Waals surface area contributed by atoms with Crippen molar-refractivity contribution < 1.29 is 4.79 Å². The number of benzene rings is 2. The largest absolute Gasteiger partial charge is 0.348 e. The van der Waals surface area contributed by atoms with Crippen molar-refractivity contribution >= 4 is 28.5 Å². The molecule has 0 aliphatic carbocycles. The molecule has 106 valence electrons. The molecular weight excluding hydrogens is 286 g/mol. The number of aromatic nitrogens is 2. The number of H-pyrrole nitrogens is 1. The normalized spacial score (nSPS) is 10.8. The number of hydrogen-bond acceptors (Lipinski definition) is 2. The van der Waals surface area contributed by atoms with E-state index in [-0.39, 0.29) is 5.91 Å². The average Bonchev–Trinajstić information content (AvgIpc) is 2.86. The van der Waals surface area contributed by atoms with E-state index in [0.29, 0.717) is 22.6 Å². The van der Waals surface area contributed by atoms with Gasteiger partial charge in [0, 0.05) is 11.6 Å². The van der Waals surface area contributed by atoms with Gasteiger partial charge in [-0.25, -0.2) is 4.98 Å². The predicted molar refractivity (Wildman–Crippen MR) is 83.5 cm³/mol. The number of rotatable bonds is 3. The lowest BCUT2D eigenvalue weighted by atomic mass is 10.1. The first-order chi connectivity index (χ1) is 10.1. The van der Waals surface area contributed by atoms with E-state index in [1.54, 1.807) is 18.2 Å². The molecule has 1 aromatic heterocycles. The second-order valence-corrected chi connectivity index (χ2v) is 5.27. The van der Waals surface area contributed by atoms with Crippen molar-refractivity contribution in [3.8, 4) is 0 Å². The predicted octanol–water partition coefficient (Wildman–Crippen LogP) is 3.45. The van der Waals surface area contributed by atoms with Crippen molar-refractivity contribution in [2.24, 2.45) is 0 Å². The van der Waals surface area contributed by atoms with E-state index >= 15 is 0 Å². The molecule has 0 saturated heterocycles. The van der Waals surface area contributed by atoms with Gasteiger partial charge in [-0.05, 0) is 36.8 Å². The molecule has 2 N–H and O–H groups in total. The summed E-state index contributed by atoms with van der Waals surface area (Å²) in [6.07, 6.45) is 0. The fourth-order valence-corrected chi connectivity index (χ4v) is 2.34. The number of nitrogens with zero attached hydrogens (tertiary/aromatic N) is 1. The Labute approximate surface area is 127 Å². The Morgan fingerprint density at radius 2 is 2.00 bits per heavy atom. The molecule has 3 aromatic rings. The number of halogens is 1. The quantitative estimate of drug-likeness (QED) is 0.778. The monoisotopic (exact) mass is 299 g/mol. The molecule has 1 heterocycles. The molecule has 3 rings (SSSR count). The number of fused-ring (bicyclic) bond motifs is 1. The minimum atomic E-state index is -0.137. The fourth-order valence-electron chi connectivity index (χ4n) is 2.22. The number of amides is 1. The Balaban J connectivity index is 1.79. The molecule has 0 aliphatic rings. The third-order valence-corrected chi connectivity index (χ3v) is 3.49. The Bertz CT molecular complexity index is 793. The molecule has 0 fully saturated rings. The standard InChI is InChI=1S/C16H14ClN3O/c1-10-19-14-4-2-3-13(15(14)20-10)16(21)18-9-11-5-7-12(17)8-6-11/h2-8H,9H2,1H3,(H,18,21)(H,19,20). The highest BCUT2D eigenvalue weighted by Gasteiger charge is 2.12. The highest BCUT2D eigenvalue weighted by molar-refractivity contribution is 6.30. The van der Waals surface area contributed by atoms with Crippen LogP contribution in [0.1, 0.15) is 21.7 Å². The van der Waals surface area contributed by atoms with Gasteiger partial charge in [0.05, 0.1) is 11.1 Å². The van der Waals surface area contributed by atoms with E-state index in [1.165, 1.54) is 0 Å². The summed E-state index contributed by atoms with van der Waals surface area (Å²) < 4.78 is 0. The van der Waals surface area contributed by atoms with Crippen molar-refractivity contribution in [3.05, 3.63) is 64.4 Å². The maximum Gasteiger partial charge on any atom is 0.253 e. The highest BCUT2D eigenvalue weighted by Crippen LogP contribution is 2.16. The van der Waals surface area contributed by atoms with E-state index < -0.39 is 0 Å². The fraction of sp³-hybridized carbons (Fsp3) is 0.125. The zero-order valence-corrected chi connectivity index (χ0v) is 12.2. The molecule has 2 aromatic carbocycles. The van der Waals surface area contributed by atoms with Gasteiger partial charge >= 0.3 is 0 Å². The van der Waals surface area contributed by atoms with Gasteiger partial charge in [0.25, 0.3) is 5.91 Å². The molecule has 0 unspecified atom stereocenters. The van der Waals surface area contributed by atoms with Crippen molar-refractivity contribution in [2.45, 2.75) is 13.5 Å². The van der Waals surface area contributed by atoms with Crippen LogP contribution >= 0.6 is 11.6 Å². The first-order valence-electron chi connectivity index (χ1n) is 6.61. The van der Waals surface area contributed by atoms with Crippen molar-refractivity contribution in [3.63, 3.8) is 0 Å². The number of para-hydroxylation sites is 1. The lowest BCUT2D eigenvalue weighted by molar-refractivity contribution is 0.0952. The van der Waals surface area contributed by atoms with Crippen LogP contribution in [0.15, 0.2) is 42.5 Å². The number of carbonyl (C=O) groups excluding carboxylic acids is 1. The molecule has 5 heteroatoms. The molecule has 1 amide bonds. The van der Waals surface area contributed by atoms with Crippen molar-refractivity contribution in [1.82, 2.24) is 15.3 Å². The zero-order chi connectivity index (χ0) is 14.8. The highest BCUT2D eigenvalue weighted by atomic mass is 35.5. The molecule has 0 radical (unpaired) electrons. The Morgan fingerprint density at radius 3 is 2.76 bits per heavy atom. The van der Waals surface area contributed by atoms with Crippen LogP contribution < -0.4 is 5.32 Å². The van der Waals surface area contributed by atoms with E-state index in [0.717, 1.165) is 16.9 Å². The molecule has 0 bridgehead atoms. The summed E-state index contributed by atoms with van der Waals surface area (Å²) in [6, 6.07) is 12.9. The zero-order valence-electron chi connectivity index (χ0n) is 11.5. The van der Waals surface area contributed by atoms with Gasteiger partial charge in [-0.15, -0.1) is 0 Å². The number of hydrogen-bond donors (Lipinski definition) is 2. The number of aromatic amines is 1. The molecule has 4 nitrogen and oxygen atoms in total. The van der Waals surface area contributed by atoms with Crippen LogP contribution in [0.25, 0.3) is 11.0 Å². The van der Waals surface area contributed by atoms with Crippen molar-refractivity contribution in [2.75, 3.05) is 0 Å². The van der Waals surface area contributed by atoms with Crippen LogP contribution in [0.2, 0.25) is 5.02 Å². The third-order valence-electron chi connectivity index (χ3n) is 3.24. The minimum absolute atomic E-state index is 0.137. The SMILES string of the molecule is Cc1nc2c(C(=O)NCc3ccc(Cl)cc3)cccc2[nH]1. The lowest BCUT2D eigenvalue weighted by Gasteiger charge is -2.06. The van der Waals surface area contributed by atoms with Gasteiger partial charge in [-0.2, -0.15) is 0 Å². The molecule has 0 aliphatic heterocycles. The number of nitrogens with one attached hydrogen (secondary N) is 2. The van der Waals surface area contributed by atoms with Gasteiger partial charge in [0.1, 0.15) is 11.3 Å². The van der Waals surface area contributed by atoms with Gasteiger partial charge in [-0.1, -0.05) is 29.8 Å². The van der Waals surface area contributed by atoms with Gasteiger partial charge < -0.3 is 10.3 Å². The van der Waals surface area contributed by atoms with E-state index in [9.17, 15) is 4.79 Å². The first-order valence-corrected chi connectivity index (χ1v) is 6.99. The van der Waals surface area contributed by atoms with Crippen LogP contribution in [0.4, 0.5) is 0 Å². The van der Waals surface area contributed by atoms with E-state index in [4.69, 9.17) is 11.6 Å². The van der Waals surface area contributed by atoms with Crippen molar-refractivity contribution in [1.29, 1.82) is 0 Å². The molecular formula is C16H14ClN3O. The summed E-state index contributed by atoms with van der Waals surface area (Å²) in [4.78, 5) is 19.8. The maximum atomic E-state index is 12.3. The first kappa shape index (κ1) is 13.6. The third kappa shape index (κ3) is 2.90. The smallest absolute Gasteiger partial charge is 0.253 e. The second-order valence-electron chi connectivity index (χ2n) is 4.83. The molecule has 0 saturated carbocycles. The van der Waals surface area contributed by atoms with Crippen LogP contribution in [0.3, 0.4) is 0 Å². The number of carbonyl (C=O) groups is 1. The summed E-state index contributed by atoms with van der Waals surface area (Å²) >= 11 is 5.84.